The van der Waals surface area contributed by atoms with Crippen molar-refractivity contribution in [3.8, 4) is 5.69 Å². The van der Waals surface area contributed by atoms with E-state index in [1.54, 1.807) is 28.9 Å². The lowest BCUT2D eigenvalue weighted by Gasteiger charge is -2.14. The van der Waals surface area contributed by atoms with E-state index in [1.807, 2.05) is 30.3 Å². The molecule has 3 aromatic rings. The van der Waals surface area contributed by atoms with Crippen LogP contribution in [0.5, 0.6) is 0 Å². The predicted octanol–water partition coefficient (Wildman–Crippen LogP) is 5.84. The quantitative estimate of drug-likeness (QED) is 0.565. The van der Waals surface area contributed by atoms with Gasteiger partial charge in [-0.15, -0.1) is 0 Å². The fourth-order valence-electron chi connectivity index (χ4n) is 2.43. The molecular weight excluding hydrogens is 414 g/mol. The van der Waals surface area contributed by atoms with E-state index in [-0.39, 0.29) is 11.3 Å². The highest BCUT2D eigenvalue weighted by atomic mass is 79.9. The van der Waals surface area contributed by atoms with Gasteiger partial charge < -0.3 is 5.32 Å². The van der Waals surface area contributed by atoms with Crippen molar-refractivity contribution >= 4 is 39.3 Å². The molecule has 6 heteroatoms. The number of anilines is 1. The molecule has 4 nitrogen and oxygen atoms in total. The molecule has 2 aromatic carbocycles. The predicted molar refractivity (Wildman–Crippen MR) is 109 cm³/mol. The zero-order valence-corrected chi connectivity index (χ0v) is 17.1. The molecule has 0 fully saturated rings. The molecule has 0 atom stereocenters. The smallest absolute Gasteiger partial charge is 0.256 e. The molecule has 134 valence electrons. The Bertz CT molecular complexity index is 942. The molecule has 1 heterocycles. The van der Waals surface area contributed by atoms with Gasteiger partial charge in [0.25, 0.3) is 5.91 Å². The Labute approximate surface area is 166 Å². The summed E-state index contributed by atoms with van der Waals surface area (Å²) in [5, 5.41) is 8.18. The molecule has 0 saturated carbocycles. The first kappa shape index (κ1) is 18.7. The van der Waals surface area contributed by atoms with Crippen LogP contribution in [0.1, 0.15) is 36.8 Å². The lowest BCUT2D eigenvalue weighted by Crippen LogP contribution is -2.15. The Kier molecular flexibility index (Phi) is 5.21. The van der Waals surface area contributed by atoms with Crippen LogP contribution in [0.4, 0.5) is 5.82 Å². The van der Waals surface area contributed by atoms with Crippen molar-refractivity contribution in [3.63, 3.8) is 0 Å². The highest BCUT2D eigenvalue weighted by molar-refractivity contribution is 9.10. The molecule has 0 unspecified atom stereocenters. The fourth-order valence-corrected chi connectivity index (χ4v) is 2.89. The van der Waals surface area contributed by atoms with Gasteiger partial charge in [-0.25, -0.2) is 4.68 Å². The van der Waals surface area contributed by atoms with E-state index >= 15 is 0 Å². The Morgan fingerprint density at radius 3 is 2.42 bits per heavy atom. The summed E-state index contributed by atoms with van der Waals surface area (Å²) in [6.07, 6.45) is 0. The number of hydrogen-bond donors (Lipinski definition) is 1. The van der Waals surface area contributed by atoms with E-state index in [9.17, 15) is 4.79 Å². The Morgan fingerprint density at radius 2 is 1.81 bits per heavy atom. The van der Waals surface area contributed by atoms with Gasteiger partial charge in [-0.1, -0.05) is 54.4 Å². The van der Waals surface area contributed by atoms with Crippen LogP contribution in [0, 0.1) is 0 Å². The number of halogens is 2. The van der Waals surface area contributed by atoms with Crippen molar-refractivity contribution in [2.24, 2.45) is 0 Å². The number of benzene rings is 2. The largest absolute Gasteiger partial charge is 0.306 e. The number of rotatable bonds is 3. The van der Waals surface area contributed by atoms with Gasteiger partial charge in [-0.05, 0) is 42.5 Å². The molecule has 1 amide bonds. The van der Waals surface area contributed by atoms with Crippen LogP contribution >= 0.6 is 27.5 Å². The Morgan fingerprint density at radius 1 is 1.12 bits per heavy atom. The van der Waals surface area contributed by atoms with Gasteiger partial charge in [0.15, 0.2) is 0 Å². The minimum absolute atomic E-state index is 0.143. The highest BCUT2D eigenvalue weighted by Crippen LogP contribution is 2.27. The van der Waals surface area contributed by atoms with Crippen LogP contribution in [0.2, 0.25) is 5.02 Å². The fraction of sp³-hybridized carbons (Fsp3) is 0.200. The van der Waals surface area contributed by atoms with Crippen LogP contribution in [0.3, 0.4) is 0 Å². The first-order chi connectivity index (χ1) is 12.2. The summed E-state index contributed by atoms with van der Waals surface area (Å²) in [7, 11) is 0. The summed E-state index contributed by atoms with van der Waals surface area (Å²) in [6.45, 7) is 6.26. The maximum Gasteiger partial charge on any atom is 0.256 e. The third-order valence-electron chi connectivity index (χ3n) is 3.88. The summed E-state index contributed by atoms with van der Waals surface area (Å²) in [5.74, 6) is 0.383. The number of nitrogens with zero attached hydrogens (tertiary/aromatic N) is 2. The minimum Gasteiger partial charge on any atom is -0.306 e. The molecule has 0 saturated heterocycles. The number of nitrogens with one attached hydrogen (secondary N) is 1. The summed E-state index contributed by atoms with van der Waals surface area (Å²) >= 11 is 9.44. The highest BCUT2D eigenvalue weighted by Gasteiger charge is 2.21. The number of aromatic nitrogens is 2. The van der Waals surface area contributed by atoms with E-state index in [0.29, 0.717) is 16.4 Å². The number of carbonyl (C=O) groups is 1. The van der Waals surface area contributed by atoms with Gasteiger partial charge in [-0.3, -0.25) is 4.79 Å². The third kappa shape index (κ3) is 4.17. The standard InChI is InChI=1S/C20H19BrClN3O/c1-20(2,3)17-12-18(23-19(26)13-5-4-6-15(22)11-13)25(24-17)16-9-7-14(21)8-10-16/h4-12H,1-3H3,(H,23,26). The normalized spacial score (nSPS) is 11.4. The second-order valence-corrected chi connectivity index (χ2v) is 8.37. The van der Waals surface area contributed by atoms with Gasteiger partial charge in [-0.2, -0.15) is 5.10 Å². The zero-order valence-electron chi connectivity index (χ0n) is 14.8. The van der Waals surface area contributed by atoms with Crippen LogP contribution < -0.4 is 5.32 Å². The van der Waals surface area contributed by atoms with Crippen molar-refractivity contribution in [2.45, 2.75) is 26.2 Å². The average Bonchev–Trinajstić information content (AvgIpc) is 2.99. The summed E-state index contributed by atoms with van der Waals surface area (Å²) in [6, 6.07) is 16.5. The molecule has 0 aliphatic rings. The molecule has 0 aliphatic heterocycles. The van der Waals surface area contributed by atoms with Gasteiger partial charge in [0.2, 0.25) is 0 Å². The zero-order chi connectivity index (χ0) is 18.9. The topological polar surface area (TPSA) is 46.9 Å². The second kappa shape index (κ2) is 7.25. The minimum atomic E-state index is -0.230. The monoisotopic (exact) mass is 431 g/mol. The lowest BCUT2D eigenvalue weighted by molar-refractivity contribution is 0.102. The van der Waals surface area contributed by atoms with Crippen molar-refractivity contribution in [1.29, 1.82) is 0 Å². The van der Waals surface area contributed by atoms with E-state index in [2.05, 4.69) is 42.0 Å². The molecule has 0 radical (unpaired) electrons. The summed E-state index contributed by atoms with van der Waals surface area (Å²) < 4.78 is 2.73. The first-order valence-electron chi connectivity index (χ1n) is 8.17. The van der Waals surface area contributed by atoms with Crippen LogP contribution in [0.15, 0.2) is 59.1 Å². The molecule has 1 aromatic heterocycles. The van der Waals surface area contributed by atoms with Crippen molar-refractivity contribution in [3.05, 3.63) is 75.4 Å². The summed E-state index contributed by atoms with van der Waals surface area (Å²) in [4.78, 5) is 12.6. The van der Waals surface area contributed by atoms with Gasteiger partial charge in [0.05, 0.1) is 11.4 Å². The van der Waals surface area contributed by atoms with E-state index < -0.39 is 0 Å². The molecule has 0 bridgehead atoms. The SMILES string of the molecule is CC(C)(C)c1cc(NC(=O)c2cccc(Cl)c2)n(-c2ccc(Br)cc2)n1. The van der Waals surface area contributed by atoms with Gasteiger partial charge in [0, 0.05) is 26.5 Å². The van der Waals surface area contributed by atoms with E-state index in [4.69, 9.17) is 16.7 Å². The van der Waals surface area contributed by atoms with Gasteiger partial charge >= 0.3 is 0 Å². The van der Waals surface area contributed by atoms with Crippen molar-refractivity contribution in [1.82, 2.24) is 9.78 Å². The third-order valence-corrected chi connectivity index (χ3v) is 4.64. The van der Waals surface area contributed by atoms with Crippen LogP contribution in [0.25, 0.3) is 5.69 Å². The number of hydrogen-bond acceptors (Lipinski definition) is 2. The van der Waals surface area contributed by atoms with Crippen molar-refractivity contribution in [2.75, 3.05) is 5.32 Å². The first-order valence-corrected chi connectivity index (χ1v) is 9.34. The van der Waals surface area contributed by atoms with Gasteiger partial charge in [0.1, 0.15) is 5.82 Å². The Hall–Kier alpha value is -2.11. The maximum absolute atomic E-state index is 12.6. The van der Waals surface area contributed by atoms with E-state index in [1.165, 1.54) is 0 Å². The molecule has 26 heavy (non-hydrogen) atoms. The van der Waals surface area contributed by atoms with E-state index in [0.717, 1.165) is 15.9 Å². The summed E-state index contributed by atoms with van der Waals surface area (Å²) in [5.41, 5.74) is 2.11. The van der Waals surface area contributed by atoms with Crippen LogP contribution in [-0.4, -0.2) is 15.7 Å². The molecule has 3 rings (SSSR count). The molecule has 0 spiro atoms. The second-order valence-electron chi connectivity index (χ2n) is 7.02. The Balaban J connectivity index is 2.00. The average molecular weight is 433 g/mol. The lowest BCUT2D eigenvalue weighted by atomic mass is 9.92. The molecule has 0 aliphatic carbocycles. The number of amides is 1. The number of carbonyl (C=O) groups excluding carboxylic acids is 1. The maximum atomic E-state index is 12.6. The van der Waals surface area contributed by atoms with Crippen LogP contribution in [-0.2, 0) is 5.41 Å². The van der Waals surface area contributed by atoms with Crippen molar-refractivity contribution < 1.29 is 4.79 Å². The molecule has 1 N–H and O–H groups in total. The molecular formula is C20H19BrClN3O.